The van der Waals surface area contributed by atoms with Crippen molar-refractivity contribution in [3.8, 4) is 0 Å². The minimum absolute atomic E-state index is 0.351. The van der Waals surface area contributed by atoms with Gasteiger partial charge in [0, 0.05) is 18.3 Å². The van der Waals surface area contributed by atoms with Gasteiger partial charge in [0.25, 0.3) is 0 Å². The van der Waals surface area contributed by atoms with E-state index in [4.69, 9.17) is 10.9 Å². The van der Waals surface area contributed by atoms with Gasteiger partial charge in [0.2, 0.25) is 5.95 Å². The number of aliphatic hydroxyl groups excluding tert-OH is 1. The molecule has 1 unspecified atom stereocenters. The average molecular weight is 197 g/mol. The minimum Gasteiger partial charge on any atom is -0.392 e. The molecule has 1 aromatic rings. The second kappa shape index (κ2) is 4.73. The minimum atomic E-state index is -0.418. The first kappa shape index (κ1) is 10.7. The zero-order valence-corrected chi connectivity index (χ0v) is 8.28. The van der Waals surface area contributed by atoms with Crippen LogP contribution in [0.2, 0.25) is 0 Å². The number of aryl methyl sites for hydroxylation is 1. The lowest BCUT2D eigenvalue weighted by Gasteiger charge is -2.10. The lowest BCUT2D eigenvalue weighted by Crippen LogP contribution is -2.18. The van der Waals surface area contributed by atoms with Crippen LogP contribution in [0.15, 0.2) is 6.20 Å². The van der Waals surface area contributed by atoms with E-state index in [1.54, 1.807) is 13.1 Å². The van der Waals surface area contributed by atoms with Crippen molar-refractivity contribution in [2.75, 3.05) is 17.3 Å². The second-order valence-corrected chi connectivity index (χ2v) is 3.10. The molecule has 0 fully saturated rings. The fraction of sp³-hybridized carbons (Fsp3) is 0.500. The highest BCUT2D eigenvalue weighted by atomic mass is 16.3. The molecule has 0 aliphatic heterocycles. The lowest BCUT2D eigenvalue weighted by atomic mass is 10.3. The summed E-state index contributed by atoms with van der Waals surface area (Å²) in [7, 11) is 0. The molecule has 0 spiro atoms. The molecule has 6 heteroatoms. The molecular weight excluding hydrogens is 182 g/mol. The predicted octanol–water partition coefficient (Wildman–Crippen LogP) is -0.137. The highest BCUT2D eigenvalue weighted by molar-refractivity contribution is 5.45. The van der Waals surface area contributed by atoms with E-state index in [1.165, 1.54) is 0 Å². The van der Waals surface area contributed by atoms with Gasteiger partial charge < -0.3 is 10.4 Å². The van der Waals surface area contributed by atoms with Gasteiger partial charge >= 0.3 is 0 Å². The summed E-state index contributed by atoms with van der Waals surface area (Å²) in [5, 5.41) is 12.1. The Labute approximate surface area is 82.5 Å². The third kappa shape index (κ3) is 2.82. The summed E-state index contributed by atoms with van der Waals surface area (Å²) in [5.74, 6) is 6.20. The first-order chi connectivity index (χ1) is 6.63. The highest BCUT2D eigenvalue weighted by Crippen LogP contribution is 2.11. The van der Waals surface area contributed by atoms with Crippen LogP contribution in [0.5, 0.6) is 0 Å². The van der Waals surface area contributed by atoms with Crippen molar-refractivity contribution in [3.63, 3.8) is 0 Å². The van der Waals surface area contributed by atoms with Crippen LogP contribution in [0.1, 0.15) is 12.5 Å². The summed E-state index contributed by atoms with van der Waals surface area (Å²) in [4.78, 5) is 8.03. The summed E-state index contributed by atoms with van der Waals surface area (Å²) in [6.07, 6.45) is 1.24. The van der Waals surface area contributed by atoms with Crippen molar-refractivity contribution in [1.29, 1.82) is 0 Å². The van der Waals surface area contributed by atoms with E-state index in [0.717, 1.165) is 5.56 Å². The van der Waals surface area contributed by atoms with Crippen molar-refractivity contribution >= 4 is 11.8 Å². The number of aliphatic hydroxyl groups is 1. The number of nitrogens with zero attached hydrogens (tertiary/aromatic N) is 2. The van der Waals surface area contributed by atoms with Crippen molar-refractivity contribution in [3.05, 3.63) is 11.8 Å². The van der Waals surface area contributed by atoms with Crippen LogP contribution in [-0.4, -0.2) is 27.7 Å². The molecule has 0 amide bonds. The molecule has 1 rings (SSSR count). The zero-order chi connectivity index (χ0) is 10.6. The number of hydrogen-bond acceptors (Lipinski definition) is 6. The largest absolute Gasteiger partial charge is 0.392 e. The van der Waals surface area contributed by atoms with Crippen LogP contribution in [0.25, 0.3) is 0 Å². The Morgan fingerprint density at radius 1 is 1.64 bits per heavy atom. The van der Waals surface area contributed by atoms with Crippen LogP contribution in [0, 0.1) is 6.92 Å². The SMILES string of the molecule is Cc1cnc(NN)nc1NCC(C)O. The third-order valence-electron chi connectivity index (χ3n) is 1.67. The standard InChI is InChI=1S/C8H15N5O/c1-5-3-11-8(13-9)12-7(5)10-4-6(2)14/h3,6,14H,4,9H2,1-2H3,(H2,10,11,12,13). The van der Waals surface area contributed by atoms with Gasteiger partial charge in [-0.25, -0.2) is 10.8 Å². The molecular formula is C8H15N5O. The normalized spacial score (nSPS) is 12.3. The summed E-state index contributed by atoms with van der Waals surface area (Å²) in [5.41, 5.74) is 3.26. The van der Waals surface area contributed by atoms with Gasteiger partial charge in [-0.1, -0.05) is 0 Å². The molecule has 0 saturated heterocycles. The molecule has 1 heterocycles. The number of nitrogen functional groups attached to an aromatic ring is 1. The smallest absolute Gasteiger partial charge is 0.239 e. The van der Waals surface area contributed by atoms with E-state index >= 15 is 0 Å². The Morgan fingerprint density at radius 2 is 2.36 bits per heavy atom. The van der Waals surface area contributed by atoms with E-state index in [1.807, 2.05) is 6.92 Å². The summed E-state index contributed by atoms with van der Waals surface area (Å²) < 4.78 is 0. The number of nitrogens with one attached hydrogen (secondary N) is 2. The zero-order valence-electron chi connectivity index (χ0n) is 8.28. The molecule has 0 aliphatic carbocycles. The quantitative estimate of drug-likeness (QED) is 0.396. The number of aromatic nitrogens is 2. The molecule has 78 valence electrons. The van der Waals surface area contributed by atoms with Crippen LogP contribution >= 0.6 is 0 Å². The summed E-state index contributed by atoms with van der Waals surface area (Å²) in [6, 6.07) is 0. The number of hydrogen-bond donors (Lipinski definition) is 4. The number of rotatable bonds is 4. The number of nitrogens with two attached hydrogens (primary N) is 1. The Morgan fingerprint density at radius 3 is 2.93 bits per heavy atom. The first-order valence-corrected chi connectivity index (χ1v) is 4.35. The number of hydrazine groups is 1. The van der Waals surface area contributed by atoms with Crippen molar-refractivity contribution in [1.82, 2.24) is 9.97 Å². The van der Waals surface area contributed by atoms with E-state index in [-0.39, 0.29) is 0 Å². The Bertz CT molecular complexity index is 302. The first-order valence-electron chi connectivity index (χ1n) is 4.35. The van der Waals surface area contributed by atoms with Crippen LogP contribution in [0.4, 0.5) is 11.8 Å². The van der Waals surface area contributed by atoms with E-state index in [9.17, 15) is 0 Å². The maximum absolute atomic E-state index is 9.08. The Hall–Kier alpha value is -1.40. The van der Waals surface area contributed by atoms with Crippen molar-refractivity contribution in [2.24, 2.45) is 5.84 Å². The van der Waals surface area contributed by atoms with Gasteiger partial charge in [-0.15, -0.1) is 0 Å². The van der Waals surface area contributed by atoms with Gasteiger partial charge in [-0.2, -0.15) is 4.98 Å². The van der Waals surface area contributed by atoms with E-state index < -0.39 is 6.10 Å². The van der Waals surface area contributed by atoms with Gasteiger partial charge in [-0.05, 0) is 13.8 Å². The fourth-order valence-corrected chi connectivity index (χ4v) is 0.935. The van der Waals surface area contributed by atoms with Gasteiger partial charge in [0.1, 0.15) is 5.82 Å². The molecule has 0 aromatic carbocycles. The van der Waals surface area contributed by atoms with E-state index in [2.05, 4.69) is 20.7 Å². The molecule has 14 heavy (non-hydrogen) atoms. The second-order valence-electron chi connectivity index (χ2n) is 3.10. The molecule has 0 saturated carbocycles. The molecule has 0 bridgehead atoms. The molecule has 1 aromatic heterocycles. The molecule has 0 radical (unpaired) electrons. The topological polar surface area (TPSA) is 96.1 Å². The van der Waals surface area contributed by atoms with Crippen LogP contribution < -0.4 is 16.6 Å². The van der Waals surface area contributed by atoms with Gasteiger partial charge in [0.05, 0.1) is 6.10 Å². The molecule has 5 N–H and O–H groups in total. The molecule has 0 aliphatic rings. The van der Waals surface area contributed by atoms with Crippen molar-refractivity contribution < 1.29 is 5.11 Å². The Kier molecular flexibility index (Phi) is 3.61. The van der Waals surface area contributed by atoms with Gasteiger partial charge in [0.15, 0.2) is 0 Å². The molecule has 6 nitrogen and oxygen atoms in total. The maximum Gasteiger partial charge on any atom is 0.239 e. The summed E-state index contributed by atoms with van der Waals surface area (Å²) in [6.45, 7) is 4.03. The van der Waals surface area contributed by atoms with Crippen LogP contribution in [-0.2, 0) is 0 Å². The maximum atomic E-state index is 9.08. The monoisotopic (exact) mass is 197 g/mol. The van der Waals surface area contributed by atoms with Gasteiger partial charge in [-0.3, -0.25) is 5.43 Å². The third-order valence-corrected chi connectivity index (χ3v) is 1.67. The molecule has 1 atom stereocenters. The average Bonchev–Trinajstić information content (AvgIpc) is 2.16. The van der Waals surface area contributed by atoms with Crippen molar-refractivity contribution in [2.45, 2.75) is 20.0 Å². The number of anilines is 2. The predicted molar refractivity (Wildman–Crippen MR) is 54.7 cm³/mol. The summed E-state index contributed by atoms with van der Waals surface area (Å²) >= 11 is 0. The highest BCUT2D eigenvalue weighted by Gasteiger charge is 2.03. The lowest BCUT2D eigenvalue weighted by molar-refractivity contribution is 0.208. The van der Waals surface area contributed by atoms with E-state index in [0.29, 0.717) is 18.3 Å². The Balaban J connectivity index is 2.73. The fourth-order valence-electron chi connectivity index (χ4n) is 0.935. The van der Waals surface area contributed by atoms with Crippen LogP contribution in [0.3, 0.4) is 0 Å².